The second-order valence-electron chi connectivity index (χ2n) is 10.9. The number of aldehydes is 1. The van der Waals surface area contributed by atoms with E-state index in [9.17, 15) is 4.79 Å². The zero-order valence-electron chi connectivity index (χ0n) is 25.9. The van der Waals surface area contributed by atoms with Gasteiger partial charge in [0.15, 0.2) is 6.29 Å². The first-order valence-electron chi connectivity index (χ1n) is 14.8. The molecule has 2 N–H and O–H groups in total. The van der Waals surface area contributed by atoms with Gasteiger partial charge in [0.1, 0.15) is 0 Å². The van der Waals surface area contributed by atoms with E-state index in [1.165, 1.54) is 16.7 Å². The minimum absolute atomic E-state index is 0.559. The van der Waals surface area contributed by atoms with E-state index in [0.717, 1.165) is 111 Å². The Morgan fingerprint density at radius 1 is 0.780 bits per heavy atom. The summed E-state index contributed by atoms with van der Waals surface area (Å²) in [5.74, 6) is 0. The van der Waals surface area contributed by atoms with Crippen molar-refractivity contribution in [3.63, 3.8) is 0 Å². The highest BCUT2D eigenvalue weighted by molar-refractivity contribution is 6.34. The number of hydrogen-bond acceptors (Lipinski definition) is 5. The Kier molecular flexibility index (Phi) is 7.69. The predicted molar refractivity (Wildman–Crippen MR) is 172 cm³/mol. The van der Waals surface area contributed by atoms with Crippen LogP contribution in [-0.2, 0) is 11.2 Å². The van der Waals surface area contributed by atoms with E-state index in [4.69, 9.17) is 15.0 Å². The average Bonchev–Trinajstić information content (AvgIpc) is 3.64. The van der Waals surface area contributed by atoms with Gasteiger partial charge in [0.05, 0.1) is 45.5 Å². The van der Waals surface area contributed by atoms with Gasteiger partial charge in [0.2, 0.25) is 0 Å². The number of aliphatic imine (C=N–C) groups is 3. The second kappa shape index (κ2) is 11.1. The minimum Gasteiger partial charge on any atom is -0.393 e. The molecule has 0 aromatic carbocycles. The molecule has 0 radical (unpaired) electrons. The maximum Gasteiger partial charge on any atom is 0.154 e. The Bertz CT molecular complexity index is 1680. The van der Waals surface area contributed by atoms with E-state index in [-0.39, 0.29) is 0 Å². The van der Waals surface area contributed by atoms with Crippen molar-refractivity contribution in [1.82, 2.24) is 10.3 Å². The summed E-state index contributed by atoms with van der Waals surface area (Å²) in [6.45, 7) is 17.2. The predicted octanol–water partition coefficient (Wildman–Crippen LogP) is 7.68. The van der Waals surface area contributed by atoms with Crippen LogP contribution < -0.4 is 5.32 Å². The molecule has 4 aliphatic heterocycles. The molecule has 0 spiro atoms. The lowest BCUT2D eigenvalue weighted by Gasteiger charge is -2.11. The molecule has 0 atom stereocenters. The fourth-order valence-electron chi connectivity index (χ4n) is 6.63. The van der Waals surface area contributed by atoms with Gasteiger partial charge in [-0.2, -0.15) is 0 Å². The number of hydrogen-bond donors (Lipinski definition) is 2. The van der Waals surface area contributed by atoms with Crippen LogP contribution in [0.25, 0.3) is 11.6 Å². The number of aromatic nitrogens is 1. The van der Waals surface area contributed by atoms with Gasteiger partial charge in [-0.3, -0.25) is 4.79 Å². The Balaban J connectivity index is 1.93. The largest absolute Gasteiger partial charge is 0.393 e. The van der Waals surface area contributed by atoms with Crippen LogP contribution in [0.5, 0.6) is 0 Å². The molecule has 8 bridgehead atoms. The smallest absolute Gasteiger partial charge is 0.154 e. The highest BCUT2D eigenvalue weighted by Gasteiger charge is 2.31. The highest BCUT2D eigenvalue weighted by atomic mass is 16.1. The number of aromatic amines is 1. The lowest BCUT2D eigenvalue weighted by atomic mass is 9.93. The van der Waals surface area contributed by atoms with E-state index in [0.29, 0.717) is 5.57 Å². The maximum atomic E-state index is 12.8. The molecule has 5 rings (SSSR count). The van der Waals surface area contributed by atoms with E-state index in [1.54, 1.807) is 0 Å². The van der Waals surface area contributed by atoms with E-state index < -0.39 is 0 Å². The molecular weight excluding hydrogens is 506 g/mol. The van der Waals surface area contributed by atoms with Gasteiger partial charge in [-0.1, -0.05) is 27.7 Å². The fourth-order valence-corrected chi connectivity index (χ4v) is 6.63. The molecule has 0 saturated heterocycles. The number of H-pyrrole nitrogens is 1. The van der Waals surface area contributed by atoms with Gasteiger partial charge in [0.25, 0.3) is 0 Å². The summed E-state index contributed by atoms with van der Waals surface area (Å²) >= 11 is 0. The fraction of sp³-hybridized carbons (Fsp3) is 0.371. The molecule has 0 fully saturated rings. The van der Waals surface area contributed by atoms with Gasteiger partial charge in [-0.05, 0) is 110 Å². The van der Waals surface area contributed by atoms with Gasteiger partial charge in [0, 0.05) is 24.5 Å². The Labute approximate surface area is 244 Å². The van der Waals surface area contributed by atoms with Gasteiger partial charge >= 0.3 is 0 Å². The van der Waals surface area contributed by atoms with Crippen LogP contribution in [0.2, 0.25) is 0 Å². The molecule has 0 amide bonds. The summed E-state index contributed by atoms with van der Waals surface area (Å²) in [6.07, 6.45) is 10.6. The summed E-state index contributed by atoms with van der Waals surface area (Å²) in [5.41, 5.74) is 18.1. The van der Waals surface area contributed by atoms with E-state index >= 15 is 0 Å². The van der Waals surface area contributed by atoms with Crippen LogP contribution in [-0.4, -0.2) is 35.5 Å². The number of fused-ring (bicyclic) bond motifs is 5. The zero-order valence-corrected chi connectivity index (χ0v) is 25.9. The molecule has 6 heteroatoms. The van der Waals surface area contributed by atoms with Crippen molar-refractivity contribution in [2.75, 3.05) is 7.05 Å². The summed E-state index contributed by atoms with van der Waals surface area (Å²) in [6, 6.07) is 0. The Morgan fingerprint density at radius 3 is 1.98 bits per heavy atom. The standard InChI is InChI=1S/C35H41N5O/c1-10-22-20(7)32-26(16-36-9)34-24(12-3)18(5)28(37-34)14-31-23(11-2)21(8)33(40-31)27(17-41)35-25(13-4)19(6)29(38-35)15-30(22)39-32/h14-17,36,39H,10-13H2,1-9H3/b26-16-,28-14?,29-15?,33-27?. The van der Waals surface area contributed by atoms with Gasteiger partial charge < -0.3 is 10.3 Å². The van der Waals surface area contributed by atoms with Crippen LogP contribution in [0, 0.1) is 6.92 Å². The molecule has 0 saturated carbocycles. The maximum absolute atomic E-state index is 12.8. The highest BCUT2D eigenvalue weighted by Crippen LogP contribution is 2.40. The molecule has 4 aliphatic rings. The van der Waals surface area contributed by atoms with E-state index in [1.807, 2.05) is 7.05 Å². The molecule has 5 heterocycles. The lowest BCUT2D eigenvalue weighted by molar-refractivity contribution is -0.104. The lowest BCUT2D eigenvalue weighted by Crippen LogP contribution is -2.09. The van der Waals surface area contributed by atoms with Crippen LogP contribution in [0.15, 0.2) is 83.4 Å². The van der Waals surface area contributed by atoms with Crippen molar-refractivity contribution >= 4 is 35.1 Å². The number of nitrogens with one attached hydrogen (secondary N) is 2. The average molecular weight is 548 g/mol. The zero-order chi connectivity index (χ0) is 29.6. The first kappa shape index (κ1) is 28.5. The number of carbonyl (C=O) groups is 1. The monoisotopic (exact) mass is 547 g/mol. The van der Waals surface area contributed by atoms with Crippen molar-refractivity contribution in [2.45, 2.75) is 81.1 Å². The number of carbonyl (C=O) groups excluding carboxylic acids is 1. The van der Waals surface area contributed by atoms with E-state index in [2.05, 4.69) is 84.0 Å². The first-order chi connectivity index (χ1) is 19.7. The van der Waals surface area contributed by atoms with Crippen LogP contribution in [0.3, 0.4) is 0 Å². The van der Waals surface area contributed by atoms with Crippen molar-refractivity contribution < 1.29 is 4.79 Å². The summed E-state index contributed by atoms with van der Waals surface area (Å²) in [7, 11) is 1.93. The molecule has 212 valence electrons. The number of rotatable bonds is 6. The molecule has 0 aliphatic carbocycles. The Hall–Kier alpha value is -4.06. The van der Waals surface area contributed by atoms with Crippen molar-refractivity contribution in [2.24, 2.45) is 15.0 Å². The molecule has 0 unspecified atom stereocenters. The summed E-state index contributed by atoms with van der Waals surface area (Å²) in [4.78, 5) is 32.0. The molecule has 1 aromatic rings. The van der Waals surface area contributed by atoms with Crippen molar-refractivity contribution in [1.29, 1.82) is 0 Å². The normalized spacial score (nSPS) is 19.7. The van der Waals surface area contributed by atoms with Gasteiger partial charge in [-0.15, -0.1) is 0 Å². The van der Waals surface area contributed by atoms with Gasteiger partial charge in [-0.25, -0.2) is 15.0 Å². The Morgan fingerprint density at radius 2 is 1.39 bits per heavy atom. The third kappa shape index (κ3) is 4.41. The van der Waals surface area contributed by atoms with Crippen molar-refractivity contribution in [3.8, 4) is 0 Å². The SMILES string of the molecule is CCC1=C(C)C2=C(C=O)C3=NC(=Cc4[nH]c(c(C)c4CC)/C(=C/NC)C4=NC(=CC1=N2)C(C)=C4CC)C(C)=C3CC. The first-order valence-corrected chi connectivity index (χ1v) is 14.8. The van der Waals surface area contributed by atoms with Crippen LogP contribution in [0.4, 0.5) is 0 Å². The third-order valence-corrected chi connectivity index (χ3v) is 8.88. The number of allylic oxidation sites excluding steroid dienone is 9. The molecule has 41 heavy (non-hydrogen) atoms. The summed E-state index contributed by atoms with van der Waals surface area (Å²) < 4.78 is 0. The van der Waals surface area contributed by atoms with Crippen LogP contribution in [0.1, 0.15) is 90.2 Å². The van der Waals surface area contributed by atoms with Crippen molar-refractivity contribution in [3.05, 3.63) is 90.9 Å². The summed E-state index contributed by atoms with van der Waals surface area (Å²) in [5, 5.41) is 3.28. The topological polar surface area (TPSA) is 82.0 Å². The minimum atomic E-state index is 0.559. The second-order valence-corrected chi connectivity index (χ2v) is 10.9. The number of nitrogens with zero attached hydrogens (tertiary/aromatic N) is 3. The van der Waals surface area contributed by atoms with Crippen LogP contribution >= 0.6 is 0 Å². The molecular formula is C35H41N5O. The molecule has 6 nitrogen and oxygen atoms in total. The molecule has 1 aromatic heterocycles. The quantitative estimate of drug-likeness (QED) is 0.358. The third-order valence-electron chi connectivity index (χ3n) is 8.88.